The molecule has 0 bridgehead atoms. The number of phenols is 1. The van der Waals surface area contributed by atoms with E-state index in [2.05, 4.69) is 0 Å². The average molecular weight is 346 g/mol. The summed E-state index contributed by atoms with van der Waals surface area (Å²) in [7, 11) is 0. The normalized spacial score (nSPS) is 11.6. The van der Waals surface area contributed by atoms with E-state index in [4.69, 9.17) is 4.74 Å². The molecule has 0 saturated carbocycles. The summed E-state index contributed by atoms with van der Waals surface area (Å²) >= 11 is 0. The maximum Gasteiger partial charge on any atom is 0.342 e. The van der Waals surface area contributed by atoms with Gasteiger partial charge in [0.2, 0.25) is 5.78 Å². The highest BCUT2D eigenvalue weighted by atomic mass is 16.5. The molecule has 3 aromatic rings. The fourth-order valence-corrected chi connectivity index (χ4v) is 2.64. The SMILES string of the molecule is Cc1ccc(C(=O)O[C@@H](C(=O)c2ccccc2)c2ccccc2)c(O)c1. The molecule has 0 amide bonds. The molecule has 0 aromatic heterocycles. The molecule has 0 saturated heterocycles. The molecule has 3 rings (SSSR count). The number of ketones is 1. The topological polar surface area (TPSA) is 63.6 Å². The van der Waals surface area contributed by atoms with Crippen LogP contribution in [-0.4, -0.2) is 16.9 Å². The second kappa shape index (κ2) is 7.66. The number of carbonyl (C=O) groups is 2. The third kappa shape index (κ3) is 3.81. The zero-order chi connectivity index (χ0) is 18.5. The molecule has 0 unspecified atom stereocenters. The second-order valence-electron chi connectivity index (χ2n) is 5.95. The summed E-state index contributed by atoms with van der Waals surface area (Å²) in [6, 6.07) is 22.2. The van der Waals surface area contributed by atoms with Gasteiger partial charge in [-0.2, -0.15) is 0 Å². The lowest BCUT2D eigenvalue weighted by Gasteiger charge is -2.18. The molecule has 1 atom stereocenters. The average Bonchev–Trinajstić information content (AvgIpc) is 2.67. The molecule has 26 heavy (non-hydrogen) atoms. The number of carbonyl (C=O) groups excluding carboxylic acids is 2. The Morgan fingerprint density at radius 2 is 1.50 bits per heavy atom. The Labute approximate surface area is 151 Å². The van der Waals surface area contributed by atoms with Crippen LogP contribution in [0.1, 0.15) is 37.9 Å². The Bertz CT molecular complexity index is 917. The third-order valence-corrected chi connectivity index (χ3v) is 4.00. The van der Waals surface area contributed by atoms with Crippen molar-refractivity contribution in [3.63, 3.8) is 0 Å². The van der Waals surface area contributed by atoms with E-state index in [-0.39, 0.29) is 17.1 Å². The van der Waals surface area contributed by atoms with Gasteiger partial charge in [-0.1, -0.05) is 66.7 Å². The molecular weight excluding hydrogens is 328 g/mol. The highest BCUT2D eigenvalue weighted by Gasteiger charge is 2.27. The molecule has 0 fully saturated rings. The molecule has 3 aromatic carbocycles. The van der Waals surface area contributed by atoms with Crippen LogP contribution in [0.5, 0.6) is 5.75 Å². The van der Waals surface area contributed by atoms with E-state index in [1.807, 2.05) is 12.1 Å². The van der Waals surface area contributed by atoms with E-state index in [0.717, 1.165) is 5.56 Å². The van der Waals surface area contributed by atoms with E-state index in [9.17, 15) is 14.7 Å². The highest BCUT2D eigenvalue weighted by molar-refractivity contribution is 6.02. The molecule has 4 nitrogen and oxygen atoms in total. The second-order valence-corrected chi connectivity index (χ2v) is 5.95. The van der Waals surface area contributed by atoms with Crippen molar-refractivity contribution < 1.29 is 19.4 Å². The summed E-state index contributed by atoms with van der Waals surface area (Å²) < 4.78 is 5.51. The largest absolute Gasteiger partial charge is 0.507 e. The molecule has 0 aliphatic heterocycles. The van der Waals surface area contributed by atoms with Crippen molar-refractivity contribution in [2.75, 3.05) is 0 Å². The maximum absolute atomic E-state index is 12.9. The molecule has 4 heteroatoms. The molecular formula is C22H18O4. The Hall–Kier alpha value is -3.40. The van der Waals surface area contributed by atoms with Gasteiger partial charge in [-0.25, -0.2) is 4.79 Å². The summed E-state index contributed by atoms with van der Waals surface area (Å²) in [5.41, 5.74) is 1.86. The number of phenolic OH excluding ortho intramolecular Hbond substituents is 1. The van der Waals surface area contributed by atoms with Gasteiger partial charge in [-0.15, -0.1) is 0 Å². The van der Waals surface area contributed by atoms with E-state index in [1.165, 1.54) is 12.1 Å². The first-order valence-corrected chi connectivity index (χ1v) is 8.21. The van der Waals surface area contributed by atoms with Crippen LogP contribution >= 0.6 is 0 Å². The molecule has 0 spiro atoms. The van der Waals surface area contributed by atoms with Crippen LogP contribution in [0.4, 0.5) is 0 Å². The predicted molar refractivity (Wildman–Crippen MR) is 98.2 cm³/mol. The van der Waals surface area contributed by atoms with Gasteiger partial charge in [0.05, 0.1) is 0 Å². The first kappa shape index (κ1) is 17.4. The fraction of sp³-hybridized carbons (Fsp3) is 0.0909. The minimum Gasteiger partial charge on any atom is -0.507 e. The van der Waals surface area contributed by atoms with Crippen molar-refractivity contribution in [3.8, 4) is 5.75 Å². The number of ether oxygens (including phenoxy) is 1. The molecule has 130 valence electrons. The first-order chi connectivity index (χ1) is 12.6. The summed E-state index contributed by atoms with van der Waals surface area (Å²) in [5.74, 6) is -1.24. The van der Waals surface area contributed by atoms with Gasteiger partial charge < -0.3 is 9.84 Å². The summed E-state index contributed by atoms with van der Waals surface area (Å²) in [4.78, 5) is 25.5. The van der Waals surface area contributed by atoms with Crippen LogP contribution in [0, 0.1) is 6.92 Å². The minimum atomic E-state index is -1.09. The van der Waals surface area contributed by atoms with Gasteiger partial charge in [-0.3, -0.25) is 4.79 Å². The van der Waals surface area contributed by atoms with Gasteiger partial charge in [0.1, 0.15) is 11.3 Å². The smallest absolute Gasteiger partial charge is 0.342 e. The lowest BCUT2D eigenvalue weighted by Crippen LogP contribution is -2.20. The van der Waals surface area contributed by atoms with Crippen molar-refractivity contribution >= 4 is 11.8 Å². The van der Waals surface area contributed by atoms with E-state index >= 15 is 0 Å². The minimum absolute atomic E-state index is 0.0254. The number of esters is 1. The maximum atomic E-state index is 12.9. The standard InChI is InChI=1S/C22H18O4/c1-15-12-13-18(19(23)14-15)22(25)26-21(17-10-6-3-7-11-17)20(24)16-8-4-2-5-9-16/h2-14,21,23H,1H3/t21-/m1/s1. The molecule has 0 aliphatic carbocycles. The van der Waals surface area contributed by atoms with Crippen LogP contribution in [0.15, 0.2) is 78.9 Å². The quantitative estimate of drug-likeness (QED) is 0.546. The third-order valence-electron chi connectivity index (χ3n) is 4.00. The zero-order valence-corrected chi connectivity index (χ0v) is 14.3. The Kier molecular flexibility index (Phi) is 5.13. The monoisotopic (exact) mass is 346 g/mol. The van der Waals surface area contributed by atoms with Gasteiger partial charge in [0.25, 0.3) is 0 Å². The van der Waals surface area contributed by atoms with Crippen LogP contribution in [0.3, 0.4) is 0 Å². The number of hydrogen-bond acceptors (Lipinski definition) is 4. The number of rotatable bonds is 5. The van der Waals surface area contributed by atoms with Crippen LogP contribution in [-0.2, 0) is 4.74 Å². The predicted octanol–water partition coefficient (Wildman–Crippen LogP) is 4.48. The molecule has 0 heterocycles. The number of benzene rings is 3. The van der Waals surface area contributed by atoms with Crippen molar-refractivity contribution in [1.82, 2.24) is 0 Å². The molecule has 0 radical (unpaired) electrons. The zero-order valence-electron chi connectivity index (χ0n) is 14.3. The summed E-state index contributed by atoms with van der Waals surface area (Å²) in [6.07, 6.45) is -1.09. The molecule has 0 aliphatic rings. The Morgan fingerprint density at radius 3 is 2.12 bits per heavy atom. The van der Waals surface area contributed by atoms with Crippen molar-refractivity contribution in [1.29, 1.82) is 0 Å². The van der Waals surface area contributed by atoms with Crippen molar-refractivity contribution in [2.45, 2.75) is 13.0 Å². The summed E-state index contributed by atoms with van der Waals surface area (Å²) in [5, 5.41) is 10.0. The van der Waals surface area contributed by atoms with E-state index < -0.39 is 12.1 Å². The van der Waals surface area contributed by atoms with Crippen LogP contribution in [0.2, 0.25) is 0 Å². The van der Waals surface area contributed by atoms with Crippen molar-refractivity contribution in [2.24, 2.45) is 0 Å². The number of aromatic hydroxyl groups is 1. The number of aryl methyl sites for hydroxylation is 1. The van der Waals surface area contributed by atoms with Crippen LogP contribution in [0.25, 0.3) is 0 Å². The lowest BCUT2D eigenvalue weighted by molar-refractivity contribution is 0.0277. The first-order valence-electron chi connectivity index (χ1n) is 8.21. The van der Waals surface area contributed by atoms with Crippen LogP contribution < -0.4 is 0 Å². The number of hydrogen-bond donors (Lipinski definition) is 1. The van der Waals surface area contributed by atoms with Crippen molar-refractivity contribution in [3.05, 3.63) is 101 Å². The van der Waals surface area contributed by atoms with Gasteiger partial charge >= 0.3 is 5.97 Å². The number of Topliss-reactive ketones (excluding diaryl/α,β-unsaturated/α-hetero) is 1. The van der Waals surface area contributed by atoms with Gasteiger partial charge in [0.15, 0.2) is 6.10 Å². The summed E-state index contributed by atoms with van der Waals surface area (Å²) in [6.45, 7) is 1.81. The Morgan fingerprint density at radius 1 is 0.885 bits per heavy atom. The lowest BCUT2D eigenvalue weighted by atomic mass is 9.99. The highest BCUT2D eigenvalue weighted by Crippen LogP contribution is 2.26. The molecule has 1 N–H and O–H groups in total. The van der Waals surface area contributed by atoms with Gasteiger partial charge in [0, 0.05) is 11.1 Å². The van der Waals surface area contributed by atoms with E-state index in [1.54, 1.807) is 61.5 Å². The fourth-order valence-electron chi connectivity index (χ4n) is 2.64. The Balaban J connectivity index is 1.94. The van der Waals surface area contributed by atoms with E-state index in [0.29, 0.717) is 11.1 Å². The van der Waals surface area contributed by atoms with Gasteiger partial charge in [-0.05, 0) is 24.6 Å².